The van der Waals surface area contributed by atoms with Crippen LogP contribution in [-0.2, 0) is 19.9 Å². The van der Waals surface area contributed by atoms with Crippen molar-refractivity contribution in [1.82, 2.24) is 4.57 Å². The standard InChI is InChI=1S/C16H17NO2/c1-17-8-7-14(10-17)16(18)11-19-15-6-5-12-3-2-4-13(12)9-15/h5-10H,2-4,11H2,1H3. The minimum atomic E-state index is 0.0149. The number of ketones is 1. The van der Waals surface area contributed by atoms with E-state index < -0.39 is 0 Å². The van der Waals surface area contributed by atoms with Crippen LogP contribution in [0.1, 0.15) is 27.9 Å². The Morgan fingerprint density at radius 3 is 2.89 bits per heavy atom. The fourth-order valence-electron chi connectivity index (χ4n) is 2.54. The number of hydrogen-bond acceptors (Lipinski definition) is 2. The lowest BCUT2D eigenvalue weighted by Gasteiger charge is -2.07. The lowest BCUT2D eigenvalue weighted by molar-refractivity contribution is 0.0921. The van der Waals surface area contributed by atoms with Crippen molar-refractivity contribution in [3.63, 3.8) is 0 Å². The van der Waals surface area contributed by atoms with Crippen molar-refractivity contribution in [3.8, 4) is 5.75 Å². The van der Waals surface area contributed by atoms with Gasteiger partial charge in [0.1, 0.15) is 5.75 Å². The molecule has 1 aromatic heterocycles. The molecular formula is C16H17NO2. The minimum absolute atomic E-state index is 0.0149. The van der Waals surface area contributed by atoms with Crippen LogP contribution in [0.25, 0.3) is 0 Å². The van der Waals surface area contributed by atoms with Gasteiger partial charge in [0.15, 0.2) is 6.61 Å². The smallest absolute Gasteiger partial charge is 0.201 e. The lowest BCUT2D eigenvalue weighted by atomic mass is 10.1. The molecule has 98 valence electrons. The number of benzene rings is 1. The summed E-state index contributed by atoms with van der Waals surface area (Å²) in [5.41, 5.74) is 3.48. The number of nitrogens with zero attached hydrogens (tertiary/aromatic N) is 1. The second kappa shape index (κ2) is 4.92. The van der Waals surface area contributed by atoms with Gasteiger partial charge in [0.05, 0.1) is 0 Å². The highest BCUT2D eigenvalue weighted by Crippen LogP contribution is 2.26. The van der Waals surface area contributed by atoms with Gasteiger partial charge < -0.3 is 9.30 Å². The molecule has 0 saturated carbocycles. The Kier molecular flexibility index (Phi) is 3.11. The van der Waals surface area contributed by atoms with E-state index in [2.05, 4.69) is 12.1 Å². The topological polar surface area (TPSA) is 31.2 Å². The highest BCUT2D eigenvalue weighted by Gasteiger charge is 2.12. The Morgan fingerprint density at radius 2 is 2.11 bits per heavy atom. The number of aromatic nitrogens is 1. The van der Waals surface area contributed by atoms with E-state index in [9.17, 15) is 4.79 Å². The molecule has 0 atom stereocenters. The molecule has 0 unspecified atom stereocenters. The normalized spacial score (nSPS) is 13.3. The average molecular weight is 255 g/mol. The van der Waals surface area contributed by atoms with E-state index in [1.165, 1.54) is 24.0 Å². The van der Waals surface area contributed by atoms with Crippen LogP contribution in [0.4, 0.5) is 0 Å². The minimum Gasteiger partial charge on any atom is -0.485 e. The number of Topliss-reactive ketones (excluding diaryl/α,β-unsaturated/α-hetero) is 1. The van der Waals surface area contributed by atoms with Crippen LogP contribution in [0.5, 0.6) is 5.75 Å². The van der Waals surface area contributed by atoms with Gasteiger partial charge in [-0.3, -0.25) is 4.79 Å². The molecule has 0 saturated heterocycles. The van der Waals surface area contributed by atoms with Gasteiger partial charge in [-0.25, -0.2) is 0 Å². The molecule has 1 aromatic carbocycles. The number of carbonyl (C=O) groups is 1. The Labute approximate surface area is 112 Å². The number of hydrogen-bond donors (Lipinski definition) is 0. The van der Waals surface area contributed by atoms with Crippen LogP contribution in [-0.4, -0.2) is 17.0 Å². The van der Waals surface area contributed by atoms with Crippen LogP contribution in [0, 0.1) is 0 Å². The maximum atomic E-state index is 11.9. The van der Waals surface area contributed by atoms with Crippen molar-refractivity contribution in [2.24, 2.45) is 7.05 Å². The molecule has 3 rings (SSSR count). The van der Waals surface area contributed by atoms with Crippen LogP contribution in [0.2, 0.25) is 0 Å². The van der Waals surface area contributed by atoms with Gasteiger partial charge >= 0.3 is 0 Å². The van der Waals surface area contributed by atoms with E-state index >= 15 is 0 Å². The quantitative estimate of drug-likeness (QED) is 0.787. The third kappa shape index (κ3) is 2.55. The molecule has 0 spiro atoms. The predicted octanol–water partition coefficient (Wildman–Crippen LogP) is 2.78. The number of rotatable bonds is 4. The Morgan fingerprint density at radius 1 is 1.26 bits per heavy atom. The second-order valence-electron chi connectivity index (χ2n) is 5.06. The molecule has 0 aliphatic heterocycles. The first-order valence-corrected chi connectivity index (χ1v) is 6.62. The summed E-state index contributed by atoms with van der Waals surface area (Å²) in [5.74, 6) is 0.811. The predicted molar refractivity (Wildman–Crippen MR) is 73.7 cm³/mol. The third-order valence-electron chi connectivity index (χ3n) is 3.59. The van der Waals surface area contributed by atoms with Gasteiger partial charge in [0, 0.05) is 25.0 Å². The molecule has 1 aliphatic carbocycles. The van der Waals surface area contributed by atoms with E-state index in [0.29, 0.717) is 5.56 Å². The van der Waals surface area contributed by atoms with E-state index in [1.807, 2.05) is 36.1 Å². The fourth-order valence-corrected chi connectivity index (χ4v) is 2.54. The number of aryl methyl sites for hydroxylation is 3. The SMILES string of the molecule is Cn1ccc(C(=O)COc2ccc3c(c2)CCC3)c1. The third-order valence-corrected chi connectivity index (χ3v) is 3.59. The zero-order chi connectivity index (χ0) is 13.2. The van der Waals surface area contributed by atoms with Gasteiger partial charge in [0.2, 0.25) is 5.78 Å². The first kappa shape index (κ1) is 12.0. The Balaban J connectivity index is 1.64. The summed E-state index contributed by atoms with van der Waals surface area (Å²) in [6, 6.07) is 7.96. The molecule has 0 N–H and O–H groups in total. The van der Waals surface area contributed by atoms with Crippen molar-refractivity contribution in [2.75, 3.05) is 6.61 Å². The molecule has 1 aliphatic rings. The Hall–Kier alpha value is -2.03. The van der Waals surface area contributed by atoms with E-state index in [0.717, 1.165) is 12.2 Å². The summed E-state index contributed by atoms with van der Waals surface area (Å²) in [4.78, 5) is 11.9. The van der Waals surface area contributed by atoms with Gasteiger partial charge in [-0.05, 0) is 48.6 Å². The van der Waals surface area contributed by atoms with Gasteiger partial charge in [0.25, 0.3) is 0 Å². The molecule has 3 heteroatoms. The molecule has 19 heavy (non-hydrogen) atoms. The molecule has 3 nitrogen and oxygen atoms in total. The highest BCUT2D eigenvalue weighted by atomic mass is 16.5. The summed E-state index contributed by atoms with van der Waals surface area (Å²) < 4.78 is 7.46. The first-order valence-electron chi connectivity index (χ1n) is 6.62. The van der Waals surface area contributed by atoms with Crippen molar-refractivity contribution in [1.29, 1.82) is 0 Å². The average Bonchev–Trinajstić information content (AvgIpc) is 3.03. The van der Waals surface area contributed by atoms with Crippen molar-refractivity contribution >= 4 is 5.78 Å². The van der Waals surface area contributed by atoms with Crippen LogP contribution < -0.4 is 4.74 Å². The van der Waals surface area contributed by atoms with Gasteiger partial charge in [-0.15, -0.1) is 0 Å². The summed E-state index contributed by atoms with van der Waals surface area (Å²) in [6.07, 6.45) is 7.19. The van der Waals surface area contributed by atoms with E-state index in [-0.39, 0.29) is 12.4 Å². The summed E-state index contributed by atoms with van der Waals surface area (Å²) in [6.45, 7) is 0.100. The molecule has 0 bridgehead atoms. The maximum Gasteiger partial charge on any atom is 0.201 e. The van der Waals surface area contributed by atoms with Crippen LogP contribution in [0.3, 0.4) is 0 Å². The highest BCUT2D eigenvalue weighted by molar-refractivity contribution is 5.97. The number of ether oxygens (including phenoxy) is 1. The zero-order valence-corrected chi connectivity index (χ0v) is 11.1. The van der Waals surface area contributed by atoms with E-state index in [1.54, 1.807) is 0 Å². The molecular weight excluding hydrogens is 238 g/mol. The van der Waals surface area contributed by atoms with Crippen molar-refractivity contribution in [2.45, 2.75) is 19.3 Å². The molecule has 1 heterocycles. The van der Waals surface area contributed by atoms with Gasteiger partial charge in [-0.2, -0.15) is 0 Å². The van der Waals surface area contributed by atoms with Gasteiger partial charge in [-0.1, -0.05) is 6.07 Å². The van der Waals surface area contributed by atoms with Crippen molar-refractivity contribution in [3.05, 3.63) is 53.3 Å². The molecule has 0 fully saturated rings. The molecule has 0 amide bonds. The summed E-state index contributed by atoms with van der Waals surface area (Å²) in [5, 5.41) is 0. The molecule has 2 aromatic rings. The van der Waals surface area contributed by atoms with Crippen LogP contribution in [0.15, 0.2) is 36.7 Å². The lowest BCUT2D eigenvalue weighted by Crippen LogP contribution is -2.11. The molecule has 0 radical (unpaired) electrons. The van der Waals surface area contributed by atoms with E-state index in [4.69, 9.17) is 4.74 Å². The summed E-state index contributed by atoms with van der Waals surface area (Å²) >= 11 is 0. The van der Waals surface area contributed by atoms with Crippen molar-refractivity contribution < 1.29 is 9.53 Å². The van der Waals surface area contributed by atoms with Crippen LogP contribution >= 0.6 is 0 Å². The monoisotopic (exact) mass is 255 g/mol. The first-order chi connectivity index (χ1) is 9.22. The summed E-state index contributed by atoms with van der Waals surface area (Å²) in [7, 11) is 1.90. The maximum absolute atomic E-state index is 11.9. The number of fused-ring (bicyclic) bond motifs is 1. The number of carbonyl (C=O) groups excluding carboxylic acids is 1. The fraction of sp³-hybridized carbons (Fsp3) is 0.312. The largest absolute Gasteiger partial charge is 0.485 e. The Bertz CT molecular complexity index is 613. The zero-order valence-electron chi connectivity index (χ0n) is 11.1. The second-order valence-corrected chi connectivity index (χ2v) is 5.06.